The standard InChI is InChI=1S/C13H15ClN6O/c1-19-4-3-17-12(19)10-7-15-2-5-20(10)13(21)11-9(14)6-16-8-18-11/h3-4,6,8,10,15H,2,5,7H2,1H3. The minimum atomic E-state index is -0.197. The van der Waals surface area contributed by atoms with E-state index in [1.54, 1.807) is 11.1 Å². The van der Waals surface area contributed by atoms with Gasteiger partial charge in [0.15, 0.2) is 0 Å². The summed E-state index contributed by atoms with van der Waals surface area (Å²) in [6, 6.07) is -0.141. The first kappa shape index (κ1) is 14.0. The predicted octanol–water partition coefficient (Wildman–Crippen LogP) is 0.650. The Hall–Kier alpha value is -1.99. The molecule has 0 radical (unpaired) electrons. The van der Waals surface area contributed by atoms with E-state index in [0.717, 1.165) is 12.4 Å². The zero-order valence-electron chi connectivity index (χ0n) is 11.5. The molecule has 0 saturated carbocycles. The van der Waals surface area contributed by atoms with Gasteiger partial charge in [0.25, 0.3) is 5.91 Å². The lowest BCUT2D eigenvalue weighted by Crippen LogP contribution is -2.49. The molecule has 1 atom stereocenters. The summed E-state index contributed by atoms with van der Waals surface area (Å²) >= 11 is 6.03. The fraction of sp³-hybridized carbons (Fsp3) is 0.385. The third-order valence-electron chi connectivity index (χ3n) is 3.53. The maximum Gasteiger partial charge on any atom is 0.274 e. The van der Waals surface area contributed by atoms with Crippen LogP contribution in [0.25, 0.3) is 0 Å². The minimum absolute atomic E-state index is 0.141. The number of carbonyl (C=O) groups excluding carboxylic acids is 1. The Labute approximate surface area is 127 Å². The number of carbonyl (C=O) groups is 1. The first-order valence-electron chi connectivity index (χ1n) is 6.63. The average Bonchev–Trinajstić information content (AvgIpc) is 2.93. The molecular formula is C13H15ClN6O. The fourth-order valence-electron chi connectivity index (χ4n) is 2.48. The number of piperazine rings is 1. The summed E-state index contributed by atoms with van der Waals surface area (Å²) in [7, 11) is 1.91. The number of amides is 1. The van der Waals surface area contributed by atoms with Crippen LogP contribution < -0.4 is 5.32 Å². The van der Waals surface area contributed by atoms with Crippen LogP contribution in [-0.2, 0) is 7.05 Å². The molecule has 3 rings (SSSR count). The number of aromatic nitrogens is 4. The van der Waals surface area contributed by atoms with Crippen molar-refractivity contribution < 1.29 is 4.79 Å². The predicted molar refractivity (Wildman–Crippen MR) is 76.9 cm³/mol. The van der Waals surface area contributed by atoms with Crippen molar-refractivity contribution in [3.63, 3.8) is 0 Å². The summed E-state index contributed by atoms with van der Waals surface area (Å²) in [6.07, 6.45) is 6.35. The van der Waals surface area contributed by atoms with Gasteiger partial charge in [0, 0.05) is 45.3 Å². The monoisotopic (exact) mass is 306 g/mol. The van der Waals surface area contributed by atoms with Gasteiger partial charge in [0.05, 0.1) is 5.02 Å². The second-order valence-electron chi connectivity index (χ2n) is 4.83. The van der Waals surface area contributed by atoms with Gasteiger partial charge in [0.2, 0.25) is 0 Å². The van der Waals surface area contributed by atoms with Gasteiger partial charge >= 0.3 is 0 Å². The maximum absolute atomic E-state index is 12.7. The van der Waals surface area contributed by atoms with E-state index in [0.29, 0.717) is 13.1 Å². The van der Waals surface area contributed by atoms with Crippen LogP contribution in [0.1, 0.15) is 22.4 Å². The van der Waals surface area contributed by atoms with E-state index in [1.165, 1.54) is 12.5 Å². The van der Waals surface area contributed by atoms with E-state index in [4.69, 9.17) is 11.6 Å². The van der Waals surface area contributed by atoms with Gasteiger partial charge in [-0.3, -0.25) is 4.79 Å². The van der Waals surface area contributed by atoms with Crippen LogP contribution in [-0.4, -0.2) is 50.0 Å². The Morgan fingerprint density at radius 1 is 1.48 bits per heavy atom. The van der Waals surface area contributed by atoms with E-state index < -0.39 is 0 Å². The summed E-state index contributed by atoms with van der Waals surface area (Å²) < 4.78 is 1.92. The highest BCUT2D eigenvalue weighted by atomic mass is 35.5. The summed E-state index contributed by atoms with van der Waals surface area (Å²) in [5, 5.41) is 3.55. The number of hydrogen-bond acceptors (Lipinski definition) is 5. The molecule has 1 N–H and O–H groups in total. The molecule has 0 spiro atoms. The van der Waals surface area contributed by atoms with Crippen molar-refractivity contribution in [2.45, 2.75) is 6.04 Å². The third kappa shape index (κ3) is 2.62. The Balaban J connectivity index is 1.93. The van der Waals surface area contributed by atoms with Crippen LogP contribution in [0, 0.1) is 0 Å². The molecule has 1 fully saturated rings. The number of hydrogen-bond donors (Lipinski definition) is 1. The Bertz CT molecular complexity index is 658. The molecule has 2 aromatic heterocycles. The van der Waals surface area contributed by atoms with Crippen molar-refractivity contribution in [3.05, 3.63) is 41.5 Å². The van der Waals surface area contributed by atoms with Crippen LogP contribution in [0.3, 0.4) is 0 Å². The second kappa shape index (κ2) is 5.79. The zero-order chi connectivity index (χ0) is 14.8. The SMILES string of the molecule is Cn1ccnc1C1CNCCN1C(=O)c1ncncc1Cl. The first-order chi connectivity index (χ1) is 10.2. The molecular weight excluding hydrogens is 292 g/mol. The molecule has 2 aromatic rings. The lowest BCUT2D eigenvalue weighted by Gasteiger charge is -2.35. The summed E-state index contributed by atoms with van der Waals surface area (Å²) in [5.74, 6) is 0.637. The van der Waals surface area contributed by atoms with Crippen molar-refractivity contribution in [1.82, 2.24) is 29.7 Å². The van der Waals surface area contributed by atoms with Crippen molar-refractivity contribution in [1.29, 1.82) is 0 Å². The number of nitrogens with one attached hydrogen (secondary N) is 1. The van der Waals surface area contributed by atoms with Gasteiger partial charge in [-0.15, -0.1) is 0 Å². The Kier molecular flexibility index (Phi) is 3.85. The van der Waals surface area contributed by atoms with Gasteiger partial charge < -0.3 is 14.8 Å². The van der Waals surface area contributed by atoms with E-state index in [2.05, 4.69) is 20.3 Å². The Morgan fingerprint density at radius 3 is 3.05 bits per heavy atom. The van der Waals surface area contributed by atoms with Crippen molar-refractivity contribution in [3.8, 4) is 0 Å². The van der Waals surface area contributed by atoms with E-state index in [-0.39, 0.29) is 22.7 Å². The van der Waals surface area contributed by atoms with Crippen LogP contribution >= 0.6 is 11.6 Å². The highest BCUT2D eigenvalue weighted by Crippen LogP contribution is 2.24. The molecule has 7 nitrogen and oxygen atoms in total. The van der Waals surface area contributed by atoms with Gasteiger partial charge in [-0.2, -0.15) is 0 Å². The highest BCUT2D eigenvalue weighted by molar-refractivity contribution is 6.33. The highest BCUT2D eigenvalue weighted by Gasteiger charge is 2.32. The summed E-state index contributed by atoms with van der Waals surface area (Å²) in [6.45, 7) is 1.96. The normalized spacial score (nSPS) is 18.8. The molecule has 1 unspecified atom stereocenters. The molecule has 1 aliphatic rings. The van der Waals surface area contributed by atoms with Crippen LogP contribution in [0.15, 0.2) is 24.9 Å². The number of halogens is 1. The molecule has 8 heteroatoms. The van der Waals surface area contributed by atoms with Crippen molar-refractivity contribution >= 4 is 17.5 Å². The molecule has 110 valence electrons. The summed E-state index contributed by atoms with van der Waals surface area (Å²) in [4.78, 5) is 26.7. The average molecular weight is 307 g/mol. The van der Waals surface area contributed by atoms with E-state index in [9.17, 15) is 4.79 Å². The summed E-state index contributed by atoms with van der Waals surface area (Å²) in [5.41, 5.74) is 0.229. The molecule has 0 aromatic carbocycles. The first-order valence-corrected chi connectivity index (χ1v) is 7.00. The molecule has 1 amide bonds. The Morgan fingerprint density at radius 2 is 2.33 bits per heavy atom. The lowest BCUT2D eigenvalue weighted by molar-refractivity contribution is 0.0614. The van der Waals surface area contributed by atoms with Crippen LogP contribution in [0.4, 0.5) is 0 Å². The van der Waals surface area contributed by atoms with Gasteiger partial charge in [-0.1, -0.05) is 11.6 Å². The second-order valence-corrected chi connectivity index (χ2v) is 5.24. The number of imidazole rings is 1. The van der Waals surface area contributed by atoms with E-state index >= 15 is 0 Å². The fourth-order valence-corrected chi connectivity index (χ4v) is 2.67. The van der Waals surface area contributed by atoms with Crippen molar-refractivity contribution in [2.24, 2.45) is 7.05 Å². The molecule has 0 aliphatic carbocycles. The number of rotatable bonds is 2. The maximum atomic E-state index is 12.7. The van der Waals surface area contributed by atoms with Gasteiger partial charge in [-0.05, 0) is 0 Å². The number of aryl methyl sites for hydroxylation is 1. The molecule has 0 bridgehead atoms. The topological polar surface area (TPSA) is 75.9 Å². The van der Waals surface area contributed by atoms with E-state index in [1.807, 2.05) is 17.8 Å². The van der Waals surface area contributed by atoms with Crippen LogP contribution in [0.2, 0.25) is 5.02 Å². The lowest BCUT2D eigenvalue weighted by atomic mass is 10.1. The third-order valence-corrected chi connectivity index (χ3v) is 3.81. The molecule has 21 heavy (non-hydrogen) atoms. The van der Waals surface area contributed by atoms with Gasteiger partial charge in [0.1, 0.15) is 23.9 Å². The molecule has 3 heterocycles. The largest absolute Gasteiger partial charge is 0.336 e. The smallest absolute Gasteiger partial charge is 0.274 e. The van der Waals surface area contributed by atoms with Crippen LogP contribution in [0.5, 0.6) is 0 Å². The van der Waals surface area contributed by atoms with Crippen molar-refractivity contribution in [2.75, 3.05) is 19.6 Å². The minimum Gasteiger partial charge on any atom is -0.336 e. The number of nitrogens with zero attached hydrogens (tertiary/aromatic N) is 5. The van der Waals surface area contributed by atoms with Gasteiger partial charge in [-0.25, -0.2) is 15.0 Å². The zero-order valence-corrected chi connectivity index (χ0v) is 12.3. The molecule has 1 saturated heterocycles. The quantitative estimate of drug-likeness (QED) is 0.881. The molecule has 1 aliphatic heterocycles.